The molecule has 1 aliphatic rings. The van der Waals surface area contributed by atoms with Crippen LogP contribution in [0.25, 0.3) is 0 Å². The lowest BCUT2D eigenvalue weighted by Gasteiger charge is -2.20. The van der Waals surface area contributed by atoms with Crippen LogP contribution in [0.1, 0.15) is 25.0 Å². The van der Waals surface area contributed by atoms with Crippen LogP contribution in [0.2, 0.25) is 5.02 Å². The molecule has 2 atom stereocenters. The summed E-state index contributed by atoms with van der Waals surface area (Å²) < 4.78 is 14.0. The number of halogens is 3. The Morgan fingerprint density at radius 2 is 2.17 bits per heavy atom. The second-order valence-electron chi connectivity index (χ2n) is 6.64. The van der Waals surface area contributed by atoms with Crippen LogP contribution in [0.5, 0.6) is 0 Å². The summed E-state index contributed by atoms with van der Waals surface area (Å²) in [5, 5.41) is 17.5. The zero-order valence-electron chi connectivity index (χ0n) is 16.2. The first-order valence-electron chi connectivity index (χ1n) is 9.41. The second-order valence-corrected chi connectivity index (χ2v) is 7.05. The van der Waals surface area contributed by atoms with Crippen LogP contribution >= 0.6 is 35.6 Å². The first-order chi connectivity index (χ1) is 13.6. The zero-order valence-corrected chi connectivity index (χ0v) is 19.3. The number of aromatic nitrogens is 1. The topological polar surface area (TPSA) is 72.8 Å². The number of hydrogen-bond acceptors (Lipinski definition) is 4. The molecule has 1 saturated heterocycles. The van der Waals surface area contributed by atoms with Crippen LogP contribution in [-0.4, -0.2) is 48.3 Å². The fraction of sp³-hybridized carbons (Fsp3) is 0.400. The van der Waals surface area contributed by atoms with E-state index >= 15 is 0 Å². The van der Waals surface area contributed by atoms with Gasteiger partial charge >= 0.3 is 0 Å². The number of pyridine rings is 1. The predicted octanol–water partition coefficient (Wildman–Crippen LogP) is 3.36. The molecule has 158 valence electrons. The van der Waals surface area contributed by atoms with Crippen molar-refractivity contribution in [2.75, 3.05) is 31.1 Å². The van der Waals surface area contributed by atoms with Crippen LogP contribution in [0.3, 0.4) is 0 Å². The number of aliphatic imine (C=N–C) groups is 1. The molecule has 1 fully saturated rings. The van der Waals surface area contributed by atoms with Gasteiger partial charge < -0.3 is 20.6 Å². The molecular weight excluding hydrogens is 508 g/mol. The highest BCUT2D eigenvalue weighted by Crippen LogP contribution is 2.23. The van der Waals surface area contributed by atoms with Crippen LogP contribution < -0.4 is 15.5 Å². The Hall–Kier alpha value is -1.65. The molecule has 1 aromatic heterocycles. The molecule has 29 heavy (non-hydrogen) atoms. The number of aliphatic hydroxyl groups is 1. The van der Waals surface area contributed by atoms with E-state index in [0.717, 1.165) is 6.42 Å². The van der Waals surface area contributed by atoms with Crippen molar-refractivity contribution in [3.8, 4) is 0 Å². The molecule has 6 nitrogen and oxygen atoms in total. The average molecular weight is 534 g/mol. The standard InChI is InChI=1S/C20H25ClFN5O.HI/c1-2-23-20(25-12-18(28)15-6-3-4-7-16(15)21)26-14-9-11-27(13-14)19-17(22)8-5-10-24-19;/h3-8,10,14,18,28H,2,9,11-13H2,1H3,(H2,23,25,26);1H. The fourth-order valence-corrected chi connectivity index (χ4v) is 3.48. The summed E-state index contributed by atoms with van der Waals surface area (Å²) >= 11 is 6.14. The summed E-state index contributed by atoms with van der Waals surface area (Å²) in [4.78, 5) is 10.6. The molecule has 2 heterocycles. The van der Waals surface area contributed by atoms with E-state index in [1.165, 1.54) is 6.07 Å². The Labute approximate surface area is 192 Å². The molecule has 0 radical (unpaired) electrons. The van der Waals surface area contributed by atoms with Gasteiger partial charge in [-0.05, 0) is 31.5 Å². The Bertz CT molecular complexity index is 825. The normalized spacial score (nSPS) is 17.6. The lowest BCUT2D eigenvalue weighted by molar-refractivity contribution is 0.187. The number of aliphatic hydroxyl groups excluding tert-OH is 1. The number of anilines is 1. The lowest BCUT2D eigenvalue weighted by Crippen LogP contribution is -2.45. The third-order valence-electron chi connectivity index (χ3n) is 4.60. The van der Waals surface area contributed by atoms with Crippen molar-refractivity contribution in [3.63, 3.8) is 0 Å². The molecule has 0 aliphatic carbocycles. The van der Waals surface area contributed by atoms with E-state index in [1.54, 1.807) is 24.4 Å². The number of nitrogens with zero attached hydrogens (tertiary/aromatic N) is 3. The Morgan fingerprint density at radius 3 is 2.90 bits per heavy atom. The van der Waals surface area contributed by atoms with Crippen molar-refractivity contribution in [1.82, 2.24) is 15.6 Å². The summed E-state index contributed by atoms with van der Waals surface area (Å²) in [5.41, 5.74) is 0.654. The fourth-order valence-electron chi connectivity index (χ4n) is 3.22. The Morgan fingerprint density at radius 1 is 1.38 bits per heavy atom. The van der Waals surface area contributed by atoms with E-state index in [4.69, 9.17) is 11.6 Å². The number of nitrogens with one attached hydrogen (secondary N) is 2. The van der Waals surface area contributed by atoms with Gasteiger partial charge in [0.25, 0.3) is 0 Å². The molecule has 2 unspecified atom stereocenters. The monoisotopic (exact) mass is 533 g/mol. The van der Waals surface area contributed by atoms with E-state index < -0.39 is 6.10 Å². The van der Waals surface area contributed by atoms with Crippen LogP contribution in [0.4, 0.5) is 10.2 Å². The second kappa shape index (κ2) is 11.5. The van der Waals surface area contributed by atoms with Gasteiger partial charge in [0.15, 0.2) is 17.6 Å². The van der Waals surface area contributed by atoms with Crippen LogP contribution in [-0.2, 0) is 0 Å². The Kier molecular flexibility index (Phi) is 9.38. The van der Waals surface area contributed by atoms with E-state index in [9.17, 15) is 9.50 Å². The molecular formula is C20H26ClFIN5O. The largest absolute Gasteiger partial charge is 0.386 e. The van der Waals surface area contributed by atoms with E-state index in [0.29, 0.717) is 42.0 Å². The van der Waals surface area contributed by atoms with Crippen LogP contribution in [0.15, 0.2) is 47.6 Å². The molecule has 2 aromatic rings. The molecule has 0 bridgehead atoms. The van der Waals surface area contributed by atoms with Gasteiger partial charge in [0, 0.05) is 42.5 Å². The lowest BCUT2D eigenvalue weighted by atomic mass is 10.1. The molecule has 9 heteroatoms. The SMILES string of the molecule is CCNC(=NCC(O)c1ccccc1Cl)NC1CCN(c2ncccc2F)C1.I. The molecule has 3 rings (SSSR count). The first kappa shape index (κ1) is 23.6. The van der Waals surface area contributed by atoms with Gasteiger partial charge in [-0.15, -0.1) is 24.0 Å². The highest BCUT2D eigenvalue weighted by Gasteiger charge is 2.26. The minimum atomic E-state index is -0.785. The van der Waals surface area contributed by atoms with Gasteiger partial charge in [0.2, 0.25) is 0 Å². The predicted molar refractivity (Wildman–Crippen MR) is 126 cm³/mol. The quantitative estimate of drug-likeness (QED) is 0.302. The third-order valence-corrected chi connectivity index (χ3v) is 4.94. The van der Waals surface area contributed by atoms with Gasteiger partial charge in [-0.2, -0.15) is 0 Å². The molecule has 0 saturated carbocycles. The van der Waals surface area contributed by atoms with Gasteiger partial charge in [-0.1, -0.05) is 29.8 Å². The molecule has 1 aromatic carbocycles. The van der Waals surface area contributed by atoms with Crippen molar-refractivity contribution in [1.29, 1.82) is 0 Å². The average Bonchev–Trinajstić information content (AvgIpc) is 3.15. The maximum Gasteiger partial charge on any atom is 0.191 e. The number of benzene rings is 1. The molecule has 1 aliphatic heterocycles. The van der Waals surface area contributed by atoms with Crippen molar-refractivity contribution >= 4 is 47.4 Å². The van der Waals surface area contributed by atoms with Crippen LogP contribution in [0, 0.1) is 5.82 Å². The van der Waals surface area contributed by atoms with Gasteiger partial charge in [0.05, 0.1) is 6.54 Å². The minimum absolute atomic E-state index is 0. The first-order valence-corrected chi connectivity index (χ1v) is 9.79. The molecule has 3 N–H and O–H groups in total. The summed E-state index contributed by atoms with van der Waals surface area (Å²) in [5.74, 6) is 0.677. The number of guanidine groups is 1. The van der Waals surface area contributed by atoms with Crippen molar-refractivity contribution < 1.29 is 9.50 Å². The van der Waals surface area contributed by atoms with Crippen molar-refractivity contribution in [2.45, 2.75) is 25.5 Å². The third kappa shape index (κ3) is 6.42. The molecule has 0 spiro atoms. The Balaban J connectivity index is 0.00000300. The van der Waals surface area contributed by atoms with Gasteiger partial charge in [-0.3, -0.25) is 4.99 Å². The van der Waals surface area contributed by atoms with Crippen molar-refractivity contribution in [2.24, 2.45) is 4.99 Å². The van der Waals surface area contributed by atoms with E-state index in [-0.39, 0.29) is 42.4 Å². The summed E-state index contributed by atoms with van der Waals surface area (Å²) in [7, 11) is 0. The summed E-state index contributed by atoms with van der Waals surface area (Å²) in [6.45, 7) is 4.20. The van der Waals surface area contributed by atoms with E-state index in [2.05, 4.69) is 20.6 Å². The minimum Gasteiger partial charge on any atom is -0.386 e. The maximum atomic E-state index is 14.0. The van der Waals surface area contributed by atoms with Crippen molar-refractivity contribution in [3.05, 3.63) is 59.0 Å². The summed E-state index contributed by atoms with van der Waals surface area (Å²) in [6.07, 6.45) is 1.65. The maximum absolute atomic E-state index is 14.0. The smallest absolute Gasteiger partial charge is 0.191 e. The highest BCUT2D eigenvalue weighted by molar-refractivity contribution is 14.0. The summed E-state index contributed by atoms with van der Waals surface area (Å²) in [6, 6.07) is 10.3. The number of rotatable bonds is 6. The van der Waals surface area contributed by atoms with Gasteiger partial charge in [0.1, 0.15) is 6.10 Å². The highest BCUT2D eigenvalue weighted by atomic mass is 127. The molecule has 0 amide bonds. The zero-order chi connectivity index (χ0) is 19.9. The van der Waals surface area contributed by atoms with E-state index in [1.807, 2.05) is 24.0 Å². The number of hydrogen-bond donors (Lipinski definition) is 3. The van der Waals surface area contributed by atoms with Gasteiger partial charge in [-0.25, -0.2) is 9.37 Å².